The second-order valence-corrected chi connectivity index (χ2v) is 9.72. The third-order valence-corrected chi connectivity index (χ3v) is 7.59. The lowest BCUT2D eigenvalue weighted by atomic mass is 10.0. The van der Waals surface area contributed by atoms with Crippen molar-refractivity contribution in [2.24, 2.45) is 0 Å². The molecule has 1 saturated heterocycles. The maximum atomic E-state index is 12.2. The molecule has 3 aromatic rings. The largest absolute Gasteiger partial charge is 0.423 e. The van der Waals surface area contributed by atoms with Crippen LogP contribution >= 0.6 is 11.8 Å². The smallest absolute Gasteiger partial charge is 0.336 e. The fourth-order valence-corrected chi connectivity index (χ4v) is 5.88. The molecule has 0 amide bonds. The van der Waals surface area contributed by atoms with Crippen molar-refractivity contribution in [1.29, 1.82) is 0 Å². The quantitative estimate of drug-likeness (QED) is 0.446. The number of fused-ring (bicyclic) bond motifs is 2. The van der Waals surface area contributed by atoms with Gasteiger partial charge in [0.2, 0.25) is 5.95 Å². The van der Waals surface area contributed by atoms with E-state index in [-0.39, 0.29) is 5.63 Å². The molecule has 0 spiro atoms. The van der Waals surface area contributed by atoms with Crippen molar-refractivity contribution >= 4 is 28.7 Å². The molecular weight excluding hydrogens is 396 g/mol. The summed E-state index contributed by atoms with van der Waals surface area (Å²) in [5, 5.41) is 11.2. The molecular formula is C23H26N4O2S. The zero-order chi connectivity index (χ0) is 20.1. The van der Waals surface area contributed by atoms with Crippen LogP contribution in [0, 0.1) is 0 Å². The van der Waals surface area contributed by atoms with Crippen molar-refractivity contribution in [3.8, 4) is 0 Å². The summed E-state index contributed by atoms with van der Waals surface area (Å²) in [5.41, 5.74) is 4.21. The lowest BCUT2D eigenvalue weighted by molar-refractivity contribution is 0.548. The molecule has 30 heavy (non-hydrogen) atoms. The topological polar surface area (TPSA) is 64.2 Å². The summed E-state index contributed by atoms with van der Waals surface area (Å²) in [6.07, 6.45) is 9.57. The summed E-state index contributed by atoms with van der Waals surface area (Å²) in [6, 6.07) is 6.50. The number of aromatic nitrogens is 3. The van der Waals surface area contributed by atoms with Crippen LogP contribution in [-0.2, 0) is 18.6 Å². The van der Waals surface area contributed by atoms with Gasteiger partial charge in [-0.25, -0.2) is 4.79 Å². The fourth-order valence-electron chi connectivity index (χ4n) is 4.89. The van der Waals surface area contributed by atoms with Gasteiger partial charge in [0.05, 0.1) is 0 Å². The second-order valence-electron chi connectivity index (χ2n) is 8.78. The highest BCUT2D eigenvalue weighted by Crippen LogP contribution is 2.42. The summed E-state index contributed by atoms with van der Waals surface area (Å²) in [5.74, 6) is 1.74. The first-order valence-corrected chi connectivity index (χ1v) is 12.2. The highest BCUT2D eigenvalue weighted by atomic mass is 32.2. The Morgan fingerprint density at radius 2 is 1.80 bits per heavy atom. The zero-order valence-corrected chi connectivity index (χ0v) is 17.9. The van der Waals surface area contributed by atoms with Crippen molar-refractivity contribution in [3.05, 3.63) is 45.3 Å². The van der Waals surface area contributed by atoms with Crippen molar-refractivity contribution in [1.82, 2.24) is 14.8 Å². The van der Waals surface area contributed by atoms with E-state index in [1.165, 1.54) is 49.7 Å². The van der Waals surface area contributed by atoms with Crippen molar-refractivity contribution in [2.45, 2.75) is 68.3 Å². The van der Waals surface area contributed by atoms with Crippen LogP contribution in [0.2, 0.25) is 0 Å². The number of piperidine rings is 1. The SMILES string of the molecule is O=c1cc(CSc2nnc(N3CCCCC3)n2C2CC2)c2cc3c(cc2o1)CCC3. The summed E-state index contributed by atoms with van der Waals surface area (Å²) in [7, 11) is 0. The molecule has 0 radical (unpaired) electrons. The van der Waals surface area contributed by atoms with Gasteiger partial charge in [0.1, 0.15) is 5.58 Å². The Hall–Kier alpha value is -2.28. The van der Waals surface area contributed by atoms with Gasteiger partial charge in [0.25, 0.3) is 0 Å². The first kappa shape index (κ1) is 18.5. The molecule has 6 rings (SSSR count). The molecule has 0 unspecified atom stereocenters. The van der Waals surface area contributed by atoms with E-state index in [0.717, 1.165) is 53.6 Å². The Morgan fingerprint density at radius 1 is 1.00 bits per heavy atom. The highest BCUT2D eigenvalue weighted by molar-refractivity contribution is 7.98. The number of hydrogen-bond acceptors (Lipinski definition) is 6. The average Bonchev–Trinajstić information content (AvgIpc) is 3.34. The maximum absolute atomic E-state index is 12.2. The van der Waals surface area contributed by atoms with E-state index in [0.29, 0.717) is 11.8 Å². The summed E-state index contributed by atoms with van der Waals surface area (Å²) in [4.78, 5) is 14.6. The summed E-state index contributed by atoms with van der Waals surface area (Å²) >= 11 is 1.69. The Kier molecular flexibility index (Phi) is 4.59. The first-order chi connectivity index (χ1) is 14.8. The molecule has 2 aromatic heterocycles. The third kappa shape index (κ3) is 3.33. The van der Waals surface area contributed by atoms with Crippen LogP contribution < -0.4 is 10.5 Å². The second kappa shape index (κ2) is 7.45. The van der Waals surface area contributed by atoms with Gasteiger partial charge in [0, 0.05) is 36.3 Å². The van der Waals surface area contributed by atoms with E-state index in [9.17, 15) is 4.79 Å². The molecule has 2 aliphatic carbocycles. The Bertz CT molecular complexity index is 1160. The molecule has 1 aliphatic heterocycles. The van der Waals surface area contributed by atoms with Crippen LogP contribution in [0.3, 0.4) is 0 Å². The van der Waals surface area contributed by atoms with Crippen LogP contribution in [-0.4, -0.2) is 27.9 Å². The molecule has 7 heteroatoms. The highest BCUT2D eigenvalue weighted by Gasteiger charge is 2.32. The van der Waals surface area contributed by atoms with Crippen molar-refractivity contribution < 1.29 is 4.42 Å². The molecule has 1 aromatic carbocycles. The van der Waals surface area contributed by atoms with Gasteiger partial charge in [-0.3, -0.25) is 4.57 Å². The molecule has 156 valence electrons. The number of hydrogen-bond donors (Lipinski definition) is 0. The molecule has 0 atom stereocenters. The minimum Gasteiger partial charge on any atom is -0.423 e. The number of benzene rings is 1. The molecule has 3 heterocycles. The summed E-state index contributed by atoms with van der Waals surface area (Å²) < 4.78 is 7.88. The Morgan fingerprint density at radius 3 is 2.60 bits per heavy atom. The molecule has 3 aliphatic rings. The van der Waals surface area contributed by atoms with Crippen LogP contribution in [0.4, 0.5) is 5.95 Å². The van der Waals surface area contributed by atoms with Gasteiger partial charge in [-0.2, -0.15) is 0 Å². The van der Waals surface area contributed by atoms with E-state index >= 15 is 0 Å². The maximum Gasteiger partial charge on any atom is 0.336 e. The van der Waals surface area contributed by atoms with E-state index in [1.807, 2.05) is 0 Å². The van der Waals surface area contributed by atoms with Crippen LogP contribution in [0.25, 0.3) is 11.0 Å². The van der Waals surface area contributed by atoms with Crippen LogP contribution in [0.15, 0.2) is 32.6 Å². The van der Waals surface area contributed by atoms with Gasteiger partial charge in [0.15, 0.2) is 5.16 Å². The van der Waals surface area contributed by atoms with E-state index < -0.39 is 0 Å². The number of nitrogens with zero attached hydrogens (tertiary/aromatic N) is 4. The molecule has 1 saturated carbocycles. The Labute approximate surface area is 179 Å². The van der Waals surface area contributed by atoms with Gasteiger partial charge >= 0.3 is 5.63 Å². The normalized spacial score (nSPS) is 18.9. The Balaban J connectivity index is 1.32. The third-order valence-electron chi connectivity index (χ3n) is 6.60. The monoisotopic (exact) mass is 422 g/mol. The van der Waals surface area contributed by atoms with Crippen molar-refractivity contribution in [3.63, 3.8) is 0 Å². The predicted octanol–water partition coefficient (Wildman–Crippen LogP) is 4.49. The van der Waals surface area contributed by atoms with Crippen molar-refractivity contribution in [2.75, 3.05) is 18.0 Å². The van der Waals surface area contributed by atoms with Crippen LogP contribution in [0.5, 0.6) is 0 Å². The van der Waals surface area contributed by atoms with Gasteiger partial charge in [-0.1, -0.05) is 11.8 Å². The lowest BCUT2D eigenvalue weighted by Crippen LogP contribution is -2.31. The minimum atomic E-state index is -0.270. The zero-order valence-electron chi connectivity index (χ0n) is 17.1. The molecule has 6 nitrogen and oxygen atoms in total. The van der Waals surface area contributed by atoms with E-state index in [2.05, 4.69) is 31.8 Å². The van der Waals surface area contributed by atoms with Crippen LogP contribution in [0.1, 0.15) is 61.3 Å². The number of thioether (sulfide) groups is 1. The molecule has 2 fully saturated rings. The van der Waals surface area contributed by atoms with E-state index in [1.54, 1.807) is 17.8 Å². The van der Waals surface area contributed by atoms with Gasteiger partial charge in [-0.05, 0) is 80.2 Å². The first-order valence-electron chi connectivity index (χ1n) is 11.2. The number of rotatable bonds is 5. The predicted molar refractivity (Wildman–Crippen MR) is 118 cm³/mol. The number of anilines is 1. The number of aryl methyl sites for hydroxylation is 2. The molecule has 0 N–H and O–H groups in total. The average molecular weight is 423 g/mol. The van der Waals surface area contributed by atoms with Gasteiger partial charge < -0.3 is 9.32 Å². The fraction of sp³-hybridized carbons (Fsp3) is 0.522. The molecule has 0 bridgehead atoms. The standard InChI is InChI=1S/C23H26N4O2S/c28-21-13-17(19-11-15-5-4-6-16(15)12-20(19)29-21)14-30-23-25-24-22(27(23)18-7-8-18)26-9-2-1-3-10-26/h11-13,18H,1-10,14H2. The summed E-state index contributed by atoms with van der Waals surface area (Å²) in [6.45, 7) is 2.15. The minimum absolute atomic E-state index is 0.270. The lowest BCUT2D eigenvalue weighted by Gasteiger charge is -2.27. The van der Waals surface area contributed by atoms with Gasteiger partial charge in [-0.15, -0.1) is 10.2 Å². The van der Waals surface area contributed by atoms with E-state index in [4.69, 9.17) is 4.42 Å².